The van der Waals surface area contributed by atoms with E-state index in [1.807, 2.05) is 25.6 Å². The number of hydrogen-bond donors (Lipinski definition) is 2. The van der Waals surface area contributed by atoms with E-state index in [9.17, 15) is 4.79 Å². The van der Waals surface area contributed by atoms with Gasteiger partial charge in [0.15, 0.2) is 0 Å². The monoisotopic (exact) mass is 250 g/mol. The molecular formula is C13H22N4O. The van der Waals surface area contributed by atoms with Crippen molar-refractivity contribution in [3.63, 3.8) is 0 Å². The van der Waals surface area contributed by atoms with Gasteiger partial charge in [-0.1, -0.05) is 0 Å². The maximum absolute atomic E-state index is 11.9. The van der Waals surface area contributed by atoms with Gasteiger partial charge in [0.25, 0.3) is 0 Å². The molecule has 5 nitrogen and oxygen atoms in total. The van der Waals surface area contributed by atoms with E-state index in [4.69, 9.17) is 5.73 Å². The van der Waals surface area contributed by atoms with Crippen LogP contribution >= 0.6 is 0 Å². The zero-order chi connectivity index (χ0) is 13.5. The van der Waals surface area contributed by atoms with Crippen LogP contribution in [0, 0.1) is 26.7 Å². The molecule has 1 atom stereocenters. The number of likely N-dealkylation sites (N-methyl/N-ethyl adjacent to an activating group) is 1. The van der Waals surface area contributed by atoms with Crippen molar-refractivity contribution in [2.75, 3.05) is 7.05 Å². The Bertz CT molecular complexity index is 476. The fourth-order valence-corrected chi connectivity index (χ4v) is 2.57. The lowest BCUT2D eigenvalue weighted by atomic mass is 9.92. The van der Waals surface area contributed by atoms with Gasteiger partial charge in [-0.3, -0.25) is 9.48 Å². The molecule has 1 aromatic rings. The lowest BCUT2D eigenvalue weighted by molar-refractivity contribution is -0.125. The number of primary amides is 1. The van der Waals surface area contributed by atoms with Gasteiger partial charge in [0, 0.05) is 5.69 Å². The molecular weight excluding hydrogens is 228 g/mol. The third-order valence-corrected chi connectivity index (χ3v) is 4.30. The standard InChI is InChI=1S/C13H22N4O/c1-8-9(2)16-17(10(8)3)7-13(15-4,12(14)18)11-5-6-11/h11,15H,5-7H2,1-4H3,(H2,14,18). The van der Waals surface area contributed by atoms with Crippen molar-refractivity contribution in [2.45, 2.75) is 45.7 Å². The van der Waals surface area contributed by atoms with E-state index in [-0.39, 0.29) is 5.91 Å². The van der Waals surface area contributed by atoms with Gasteiger partial charge in [-0.25, -0.2) is 0 Å². The Hall–Kier alpha value is -1.36. The largest absolute Gasteiger partial charge is 0.368 e. The van der Waals surface area contributed by atoms with Crippen molar-refractivity contribution in [1.29, 1.82) is 0 Å². The molecule has 2 rings (SSSR count). The molecule has 1 heterocycles. The van der Waals surface area contributed by atoms with Gasteiger partial charge >= 0.3 is 0 Å². The van der Waals surface area contributed by atoms with Crippen molar-refractivity contribution in [2.24, 2.45) is 11.7 Å². The SMILES string of the molecule is CNC(Cn1nc(C)c(C)c1C)(C(N)=O)C1CC1. The Balaban J connectivity index is 2.34. The first-order valence-electron chi connectivity index (χ1n) is 6.41. The van der Waals surface area contributed by atoms with Crippen LogP contribution in [0.2, 0.25) is 0 Å². The minimum Gasteiger partial charge on any atom is -0.368 e. The molecule has 100 valence electrons. The lowest BCUT2D eigenvalue weighted by Gasteiger charge is -2.30. The number of nitrogens with zero attached hydrogens (tertiary/aromatic N) is 2. The second kappa shape index (κ2) is 4.39. The molecule has 1 unspecified atom stereocenters. The summed E-state index contributed by atoms with van der Waals surface area (Å²) in [5.41, 5.74) is 8.26. The van der Waals surface area contributed by atoms with Gasteiger partial charge in [-0.2, -0.15) is 5.10 Å². The fraction of sp³-hybridized carbons (Fsp3) is 0.692. The topological polar surface area (TPSA) is 72.9 Å². The van der Waals surface area contributed by atoms with Crippen LogP contribution in [-0.2, 0) is 11.3 Å². The molecule has 18 heavy (non-hydrogen) atoms. The summed E-state index contributed by atoms with van der Waals surface area (Å²) in [6.07, 6.45) is 2.12. The smallest absolute Gasteiger partial charge is 0.239 e. The average molecular weight is 250 g/mol. The lowest BCUT2D eigenvalue weighted by Crippen LogP contribution is -2.58. The number of aryl methyl sites for hydroxylation is 1. The minimum absolute atomic E-state index is 0.280. The highest BCUT2D eigenvalue weighted by Crippen LogP contribution is 2.40. The molecule has 1 aliphatic rings. The van der Waals surface area contributed by atoms with Gasteiger partial charge in [-0.05, 0) is 52.1 Å². The van der Waals surface area contributed by atoms with Gasteiger partial charge in [-0.15, -0.1) is 0 Å². The van der Waals surface area contributed by atoms with Crippen LogP contribution in [0.1, 0.15) is 29.8 Å². The Labute approximate surface area is 108 Å². The predicted octanol–water partition coefficient (Wildman–Crippen LogP) is 0.662. The number of nitrogens with two attached hydrogens (primary N) is 1. The molecule has 5 heteroatoms. The third kappa shape index (κ3) is 1.92. The van der Waals surface area contributed by atoms with Crippen LogP contribution in [0.4, 0.5) is 0 Å². The maximum Gasteiger partial charge on any atom is 0.239 e. The zero-order valence-corrected chi connectivity index (χ0v) is 11.6. The van der Waals surface area contributed by atoms with E-state index < -0.39 is 5.54 Å². The molecule has 1 aliphatic carbocycles. The average Bonchev–Trinajstić information content (AvgIpc) is 3.13. The molecule has 0 saturated heterocycles. The number of aromatic nitrogens is 2. The van der Waals surface area contributed by atoms with Crippen LogP contribution in [0.3, 0.4) is 0 Å². The second-order valence-electron chi connectivity index (χ2n) is 5.31. The molecule has 1 amide bonds. The Morgan fingerprint density at radius 3 is 2.44 bits per heavy atom. The van der Waals surface area contributed by atoms with Crippen LogP contribution < -0.4 is 11.1 Å². The molecule has 3 N–H and O–H groups in total. The van der Waals surface area contributed by atoms with Crippen molar-refractivity contribution in [3.8, 4) is 0 Å². The normalized spacial score (nSPS) is 18.7. The molecule has 0 aromatic carbocycles. The Kier molecular flexibility index (Phi) is 3.19. The van der Waals surface area contributed by atoms with Crippen molar-refractivity contribution >= 4 is 5.91 Å². The summed E-state index contributed by atoms with van der Waals surface area (Å²) in [5, 5.41) is 7.65. The van der Waals surface area contributed by atoms with E-state index in [0.29, 0.717) is 12.5 Å². The Morgan fingerprint density at radius 1 is 1.50 bits per heavy atom. The van der Waals surface area contributed by atoms with E-state index in [2.05, 4.69) is 17.3 Å². The predicted molar refractivity (Wildman–Crippen MR) is 70.1 cm³/mol. The molecule has 1 saturated carbocycles. The van der Waals surface area contributed by atoms with Crippen LogP contribution in [0.5, 0.6) is 0 Å². The summed E-state index contributed by atoms with van der Waals surface area (Å²) in [5.74, 6) is 0.0573. The quantitative estimate of drug-likeness (QED) is 0.806. The summed E-state index contributed by atoms with van der Waals surface area (Å²) >= 11 is 0. The first-order chi connectivity index (χ1) is 8.42. The van der Waals surface area contributed by atoms with Crippen molar-refractivity contribution < 1.29 is 4.79 Å². The fourth-order valence-electron chi connectivity index (χ4n) is 2.57. The van der Waals surface area contributed by atoms with Gasteiger partial charge in [0.05, 0.1) is 12.2 Å². The number of carbonyl (C=O) groups is 1. The molecule has 0 bridgehead atoms. The summed E-state index contributed by atoms with van der Waals surface area (Å²) in [4.78, 5) is 11.9. The van der Waals surface area contributed by atoms with E-state index in [1.165, 1.54) is 5.56 Å². The van der Waals surface area contributed by atoms with Crippen LogP contribution in [-0.4, -0.2) is 28.3 Å². The molecule has 0 spiro atoms. The van der Waals surface area contributed by atoms with Crippen molar-refractivity contribution in [3.05, 3.63) is 17.0 Å². The molecule has 0 aliphatic heterocycles. The van der Waals surface area contributed by atoms with Gasteiger partial charge in [0.2, 0.25) is 5.91 Å². The highest BCUT2D eigenvalue weighted by molar-refractivity contribution is 5.85. The summed E-state index contributed by atoms with van der Waals surface area (Å²) < 4.78 is 1.91. The highest BCUT2D eigenvalue weighted by atomic mass is 16.1. The summed E-state index contributed by atoms with van der Waals surface area (Å²) in [6.45, 7) is 6.59. The second-order valence-corrected chi connectivity index (χ2v) is 5.31. The highest BCUT2D eigenvalue weighted by Gasteiger charge is 2.49. The van der Waals surface area contributed by atoms with Crippen LogP contribution in [0.15, 0.2) is 0 Å². The summed E-state index contributed by atoms with van der Waals surface area (Å²) in [6, 6.07) is 0. The third-order valence-electron chi connectivity index (χ3n) is 4.30. The first-order valence-corrected chi connectivity index (χ1v) is 6.41. The van der Waals surface area contributed by atoms with Crippen molar-refractivity contribution in [1.82, 2.24) is 15.1 Å². The summed E-state index contributed by atoms with van der Waals surface area (Å²) in [7, 11) is 1.81. The maximum atomic E-state index is 11.9. The first kappa shape index (κ1) is 13.1. The zero-order valence-electron chi connectivity index (χ0n) is 11.6. The van der Waals surface area contributed by atoms with Crippen LogP contribution in [0.25, 0.3) is 0 Å². The molecule has 1 fully saturated rings. The molecule has 0 radical (unpaired) electrons. The number of nitrogens with one attached hydrogen (secondary N) is 1. The van der Waals surface area contributed by atoms with E-state index in [0.717, 1.165) is 24.2 Å². The molecule has 1 aromatic heterocycles. The van der Waals surface area contributed by atoms with Gasteiger partial charge in [0.1, 0.15) is 5.54 Å². The number of amides is 1. The minimum atomic E-state index is -0.657. The van der Waals surface area contributed by atoms with Gasteiger partial charge < -0.3 is 11.1 Å². The number of rotatable bonds is 5. The Morgan fingerprint density at radius 2 is 2.11 bits per heavy atom. The van der Waals surface area contributed by atoms with E-state index >= 15 is 0 Å². The number of hydrogen-bond acceptors (Lipinski definition) is 3. The van der Waals surface area contributed by atoms with E-state index in [1.54, 1.807) is 0 Å². The number of carbonyl (C=O) groups excluding carboxylic acids is 1.